The van der Waals surface area contributed by atoms with E-state index in [0.29, 0.717) is 23.6 Å². The summed E-state index contributed by atoms with van der Waals surface area (Å²) < 4.78 is 10.3. The zero-order valence-electron chi connectivity index (χ0n) is 14.1. The van der Waals surface area contributed by atoms with Crippen molar-refractivity contribution in [2.45, 2.75) is 19.8 Å². The lowest BCUT2D eigenvalue weighted by Crippen LogP contribution is -2.41. The number of ether oxygens (including phenoxy) is 2. The molecule has 1 aromatic rings. The molecule has 0 saturated carbocycles. The third kappa shape index (κ3) is 6.99. The standard InChI is InChI=1S/C16H23N3O5/c1-4-5-8-17-16(21)19-15(20)11-24-18-10-12-6-7-13(22-2)14(9-12)23-3/h6-7,9-10H,4-5,8,11H2,1-3H3,(H2,17,19,20,21)/b18-10-. The van der Waals surface area contributed by atoms with E-state index in [9.17, 15) is 9.59 Å². The Morgan fingerprint density at radius 3 is 2.62 bits per heavy atom. The number of amides is 3. The SMILES string of the molecule is CCCCNC(=O)NC(=O)CO/N=C\c1ccc(OC)c(OC)c1. The highest BCUT2D eigenvalue weighted by Crippen LogP contribution is 2.26. The summed E-state index contributed by atoms with van der Waals surface area (Å²) in [5.41, 5.74) is 0.713. The van der Waals surface area contributed by atoms with E-state index in [-0.39, 0.29) is 6.61 Å². The highest BCUT2D eigenvalue weighted by molar-refractivity contribution is 5.94. The molecule has 0 bridgehead atoms. The van der Waals surface area contributed by atoms with Gasteiger partial charge in [-0.3, -0.25) is 10.1 Å². The Labute approximate surface area is 141 Å². The van der Waals surface area contributed by atoms with Gasteiger partial charge in [-0.2, -0.15) is 0 Å². The number of oxime groups is 1. The van der Waals surface area contributed by atoms with Crippen LogP contribution in [0, 0.1) is 0 Å². The molecular weight excluding hydrogens is 314 g/mol. The fraction of sp³-hybridized carbons (Fsp3) is 0.438. The van der Waals surface area contributed by atoms with Gasteiger partial charge in [0, 0.05) is 12.1 Å². The highest BCUT2D eigenvalue weighted by atomic mass is 16.6. The first-order valence-corrected chi connectivity index (χ1v) is 7.55. The Bertz CT molecular complexity index is 575. The van der Waals surface area contributed by atoms with Crippen molar-refractivity contribution in [3.8, 4) is 11.5 Å². The first-order chi connectivity index (χ1) is 11.6. The number of nitrogens with zero attached hydrogens (tertiary/aromatic N) is 1. The van der Waals surface area contributed by atoms with Gasteiger partial charge in [-0.15, -0.1) is 0 Å². The molecule has 0 heterocycles. The van der Waals surface area contributed by atoms with Gasteiger partial charge in [0.2, 0.25) is 0 Å². The molecule has 2 N–H and O–H groups in total. The largest absolute Gasteiger partial charge is 0.493 e. The maximum Gasteiger partial charge on any atom is 0.321 e. The molecule has 0 saturated heterocycles. The van der Waals surface area contributed by atoms with Crippen LogP contribution < -0.4 is 20.1 Å². The third-order valence-corrected chi connectivity index (χ3v) is 2.95. The lowest BCUT2D eigenvalue weighted by atomic mass is 10.2. The van der Waals surface area contributed by atoms with Crippen molar-refractivity contribution >= 4 is 18.2 Å². The molecule has 1 rings (SSSR count). The molecule has 0 aromatic heterocycles. The molecular formula is C16H23N3O5. The Kier molecular flexibility index (Phi) is 8.73. The van der Waals surface area contributed by atoms with Crippen LogP contribution in [0.1, 0.15) is 25.3 Å². The van der Waals surface area contributed by atoms with Gasteiger partial charge in [0.15, 0.2) is 18.1 Å². The van der Waals surface area contributed by atoms with Gasteiger partial charge in [-0.25, -0.2) is 4.79 Å². The molecule has 8 heteroatoms. The molecule has 3 amide bonds. The van der Waals surface area contributed by atoms with Crippen molar-refractivity contribution < 1.29 is 23.9 Å². The van der Waals surface area contributed by atoms with Gasteiger partial charge in [-0.1, -0.05) is 18.5 Å². The van der Waals surface area contributed by atoms with Crippen molar-refractivity contribution in [2.24, 2.45) is 5.16 Å². The van der Waals surface area contributed by atoms with E-state index in [1.54, 1.807) is 25.3 Å². The number of imide groups is 1. The normalized spacial score (nSPS) is 10.3. The Balaban J connectivity index is 2.37. The van der Waals surface area contributed by atoms with Crippen molar-refractivity contribution in [2.75, 3.05) is 27.4 Å². The van der Waals surface area contributed by atoms with Crippen LogP contribution in [0.3, 0.4) is 0 Å². The van der Waals surface area contributed by atoms with Crippen LogP contribution >= 0.6 is 0 Å². The molecule has 24 heavy (non-hydrogen) atoms. The molecule has 0 atom stereocenters. The summed E-state index contributed by atoms with van der Waals surface area (Å²) in [6.07, 6.45) is 3.24. The number of carbonyl (C=O) groups is 2. The van der Waals surface area contributed by atoms with Gasteiger partial charge >= 0.3 is 6.03 Å². The Morgan fingerprint density at radius 2 is 1.96 bits per heavy atom. The average Bonchev–Trinajstić information content (AvgIpc) is 2.58. The number of unbranched alkanes of at least 4 members (excludes halogenated alkanes) is 1. The molecule has 0 fully saturated rings. The zero-order chi connectivity index (χ0) is 17.8. The molecule has 8 nitrogen and oxygen atoms in total. The predicted octanol–water partition coefficient (Wildman–Crippen LogP) is 1.68. The van der Waals surface area contributed by atoms with Crippen molar-refractivity contribution in [3.05, 3.63) is 23.8 Å². The number of carbonyl (C=O) groups excluding carboxylic acids is 2. The number of rotatable bonds is 9. The van der Waals surface area contributed by atoms with E-state index in [1.807, 2.05) is 6.92 Å². The van der Waals surface area contributed by atoms with Crippen LogP contribution in [-0.2, 0) is 9.63 Å². The van der Waals surface area contributed by atoms with Crippen LogP contribution in [-0.4, -0.2) is 45.5 Å². The summed E-state index contributed by atoms with van der Waals surface area (Å²) in [6, 6.07) is 4.66. The number of methoxy groups -OCH3 is 2. The van der Waals surface area contributed by atoms with E-state index in [0.717, 1.165) is 12.8 Å². The van der Waals surface area contributed by atoms with E-state index in [1.165, 1.54) is 13.3 Å². The van der Waals surface area contributed by atoms with E-state index in [4.69, 9.17) is 14.3 Å². The summed E-state index contributed by atoms with van der Waals surface area (Å²) >= 11 is 0. The quantitative estimate of drug-likeness (QED) is 0.406. The monoisotopic (exact) mass is 337 g/mol. The number of urea groups is 1. The van der Waals surface area contributed by atoms with Crippen molar-refractivity contribution in [3.63, 3.8) is 0 Å². The molecule has 0 spiro atoms. The van der Waals surface area contributed by atoms with Gasteiger partial charge < -0.3 is 19.6 Å². The topological polar surface area (TPSA) is 98.3 Å². The van der Waals surface area contributed by atoms with Gasteiger partial charge in [-0.05, 0) is 24.6 Å². The number of hydrogen-bond donors (Lipinski definition) is 2. The first kappa shape index (κ1) is 19.3. The minimum absolute atomic E-state index is 0.356. The lowest BCUT2D eigenvalue weighted by Gasteiger charge is -2.07. The predicted molar refractivity (Wildman–Crippen MR) is 89.5 cm³/mol. The first-order valence-electron chi connectivity index (χ1n) is 7.55. The zero-order valence-corrected chi connectivity index (χ0v) is 14.1. The summed E-state index contributed by atoms with van der Waals surface area (Å²) in [6.45, 7) is 2.17. The van der Waals surface area contributed by atoms with Crippen molar-refractivity contribution in [1.29, 1.82) is 0 Å². The summed E-state index contributed by atoms with van der Waals surface area (Å²) in [7, 11) is 3.08. The van der Waals surface area contributed by atoms with E-state index in [2.05, 4.69) is 15.8 Å². The fourth-order valence-electron chi connectivity index (χ4n) is 1.71. The van der Waals surface area contributed by atoms with Gasteiger partial charge in [0.05, 0.1) is 20.4 Å². The number of benzene rings is 1. The maximum absolute atomic E-state index is 11.5. The number of hydrogen-bond acceptors (Lipinski definition) is 6. The Morgan fingerprint density at radius 1 is 1.21 bits per heavy atom. The number of nitrogens with one attached hydrogen (secondary N) is 2. The minimum Gasteiger partial charge on any atom is -0.493 e. The van der Waals surface area contributed by atoms with Gasteiger partial charge in [0.1, 0.15) is 0 Å². The lowest BCUT2D eigenvalue weighted by molar-refractivity contribution is -0.124. The third-order valence-electron chi connectivity index (χ3n) is 2.95. The molecule has 132 valence electrons. The Hall–Kier alpha value is -2.77. The van der Waals surface area contributed by atoms with E-state index < -0.39 is 11.9 Å². The fourth-order valence-corrected chi connectivity index (χ4v) is 1.71. The minimum atomic E-state index is -0.576. The smallest absolute Gasteiger partial charge is 0.321 e. The molecule has 0 aliphatic carbocycles. The summed E-state index contributed by atoms with van der Waals surface area (Å²) in [4.78, 5) is 27.7. The summed E-state index contributed by atoms with van der Waals surface area (Å²) in [5, 5.41) is 8.39. The van der Waals surface area contributed by atoms with Crippen LogP contribution in [0.15, 0.2) is 23.4 Å². The molecule has 0 aliphatic rings. The van der Waals surface area contributed by atoms with Crippen LogP contribution in [0.25, 0.3) is 0 Å². The highest BCUT2D eigenvalue weighted by Gasteiger charge is 2.07. The van der Waals surface area contributed by atoms with Crippen LogP contribution in [0.4, 0.5) is 4.79 Å². The van der Waals surface area contributed by atoms with Gasteiger partial charge in [0.25, 0.3) is 5.91 Å². The second-order valence-corrected chi connectivity index (χ2v) is 4.78. The maximum atomic E-state index is 11.5. The average molecular weight is 337 g/mol. The molecule has 0 unspecified atom stereocenters. The van der Waals surface area contributed by atoms with Crippen molar-refractivity contribution in [1.82, 2.24) is 10.6 Å². The summed E-state index contributed by atoms with van der Waals surface area (Å²) in [5.74, 6) is 0.584. The van der Waals surface area contributed by atoms with E-state index >= 15 is 0 Å². The van der Waals surface area contributed by atoms with Crippen LogP contribution in [0.2, 0.25) is 0 Å². The molecule has 1 aromatic carbocycles. The van der Waals surface area contributed by atoms with Crippen LogP contribution in [0.5, 0.6) is 11.5 Å². The second-order valence-electron chi connectivity index (χ2n) is 4.78. The molecule has 0 radical (unpaired) electrons. The second kappa shape index (κ2) is 10.9. The molecule has 0 aliphatic heterocycles.